The fourth-order valence-electron chi connectivity index (χ4n) is 3.86. The standard InChI is InChI=1S/C23H44N2O.C3H6N2/c26-22-18-16-14-12-10-8-6-4-2-1-3-5-7-9-11-13-15-17-20-25-21-19-24-23-25;1-2-5-3-4-1/h1,3,23,26H,2,4-22H2;3H,1-2H2,(H,4,5). The second kappa shape index (κ2) is 23.3. The van der Waals surface area contributed by atoms with Gasteiger partial charge in [0.15, 0.2) is 0 Å². The molecular weight excluding hydrogens is 384 g/mol. The van der Waals surface area contributed by atoms with Crippen LogP contribution >= 0.6 is 0 Å². The minimum Gasteiger partial charge on any atom is -0.396 e. The van der Waals surface area contributed by atoms with Crippen LogP contribution < -0.4 is 5.32 Å². The highest BCUT2D eigenvalue weighted by atomic mass is 16.2. The highest BCUT2D eigenvalue weighted by Gasteiger charge is 2.03. The van der Waals surface area contributed by atoms with Gasteiger partial charge in [-0.05, 0) is 38.5 Å². The molecule has 0 aliphatic carbocycles. The van der Waals surface area contributed by atoms with Crippen LogP contribution in [-0.2, 0) is 0 Å². The number of unbranched alkanes of at least 4 members (excludes halogenated alkanes) is 14. The summed E-state index contributed by atoms with van der Waals surface area (Å²) in [7, 11) is 0. The molecule has 0 aromatic heterocycles. The maximum atomic E-state index is 8.72. The van der Waals surface area contributed by atoms with Gasteiger partial charge in [-0.25, -0.2) is 0 Å². The molecule has 5 heteroatoms. The van der Waals surface area contributed by atoms with Crippen LogP contribution in [0, 0.1) is 0 Å². The van der Waals surface area contributed by atoms with Gasteiger partial charge >= 0.3 is 0 Å². The Bertz CT molecular complexity index is 445. The lowest BCUT2D eigenvalue weighted by molar-refractivity contribution is 0.282. The first kappa shape index (κ1) is 27.7. The predicted octanol–water partition coefficient (Wildman–Crippen LogP) is 5.74. The monoisotopic (exact) mass is 434 g/mol. The van der Waals surface area contributed by atoms with E-state index in [9.17, 15) is 0 Å². The molecule has 2 heterocycles. The lowest BCUT2D eigenvalue weighted by Gasteiger charge is -2.12. The second-order valence-electron chi connectivity index (χ2n) is 8.77. The number of hydrogen-bond acceptors (Lipinski definition) is 5. The van der Waals surface area contributed by atoms with Crippen molar-refractivity contribution >= 4 is 12.7 Å². The van der Waals surface area contributed by atoms with Crippen LogP contribution in [0.4, 0.5) is 0 Å². The number of rotatable bonds is 19. The molecule has 31 heavy (non-hydrogen) atoms. The Morgan fingerprint density at radius 3 is 1.74 bits per heavy atom. The maximum absolute atomic E-state index is 8.72. The molecule has 0 atom stereocenters. The molecular formula is C26H50N4O. The molecule has 0 saturated heterocycles. The van der Waals surface area contributed by atoms with Crippen LogP contribution in [-0.4, -0.2) is 62.0 Å². The molecule has 0 aromatic rings. The van der Waals surface area contributed by atoms with Gasteiger partial charge in [0.25, 0.3) is 0 Å². The smallest absolute Gasteiger partial charge is 0.0851 e. The number of nitrogens with zero attached hydrogens (tertiary/aromatic N) is 3. The quantitative estimate of drug-likeness (QED) is 0.201. The first-order valence-corrected chi connectivity index (χ1v) is 13.1. The van der Waals surface area contributed by atoms with E-state index in [1.165, 1.54) is 103 Å². The van der Waals surface area contributed by atoms with Crippen molar-refractivity contribution in [3.8, 4) is 0 Å². The van der Waals surface area contributed by atoms with Crippen molar-refractivity contribution in [3.63, 3.8) is 0 Å². The molecule has 0 fully saturated rings. The fourth-order valence-corrected chi connectivity index (χ4v) is 3.86. The summed E-state index contributed by atoms with van der Waals surface area (Å²) < 4.78 is 0. The number of hydrogen-bond donors (Lipinski definition) is 2. The van der Waals surface area contributed by atoms with E-state index in [4.69, 9.17) is 5.11 Å². The van der Waals surface area contributed by atoms with Gasteiger partial charge in [-0.15, -0.1) is 0 Å². The van der Waals surface area contributed by atoms with Crippen molar-refractivity contribution < 1.29 is 5.11 Å². The Kier molecular flexibility index (Phi) is 20.8. The van der Waals surface area contributed by atoms with E-state index in [1.54, 1.807) is 6.34 Å². The Hall–Kier alpha value is -1.36. The summed E-state index contributed by atoms with van der Waals surface area (Å²) in [5, 5.41) is 11.7. The minimum atomic E-state index is 0.362. The van der Waals surface area contributed by atoms with Crippen LogP contribution in [0.2, 0.25) is 0 Å². The Morgan fingerprint density at radius 2 is 1.29 bits per heavy atom. The Balaban J connectivity index is 0.000000836. The molecule has 2 aliphatic rings. The van der Waals surface area contributed by atoms with E-state index < -0.39 is 0 Å². The van der Waals surface area contributed by atoms with Crippen molar-refractivity contribution in [2.75, 3.05) is 39.3 Å². The number of aliphatic hydroxyl groups is 1. The van der Waals surface area contributed by atoms with Gasteiger partial charge in [0, 0.05) is 26.2 Å². The van der Waals surface area contributed by atoms with Gasteiger partial charge < -0.3 is 15.3 Å². The molecule has 5 nitrogen and oxygen atoms in total. The van der Waals surface area contributed by atoms with E-state index in [2.05, 4.69) is 32.4 Å². The zero-order chi connectivity index (χ0) is 22.1. The molecule has 0 aromatic carbocycles. The fraction of sp³-hybridized carbons (Fsp3) is 0.846. The number of allylic oxidation sites excluding steroid dienone is 2. The molecule has 180 valence electrons. The minimum absolute atomic E-state index is 0.362. The third-order valence-electron chi connectivity index (χ3n) is 5.84. The van der Waals surface area contributed by atoms with Gasteiger partial charge in [-0.1, -0.05) is 76.4 Å². The predicted molar refractivity (Wildman–Crippen MR) is 136 cm³/mol. The van der Waals surface area contributed by atoms with E-state index in [-0.39, 0.29) is 0 Å². The van der Waals surface area contributed by atoms with Gasteiger partial charge in [-0.2, -0.15) is 0 Å². The van der Waals surface area contributed by atoms with Crippen LogP contribution in [0.25, 0.3) is 0 Å². The van der Waals surface area contributed by atoms with Crippen LogP contribution in [0.5, 0.6) is 0 Å². The van der Waals surface area contributed by atoms with Gasteiger partial charge in [0.2, 0.25) is 0 Å². The SMILES string of the molecule is C1=NCCN1.OCCCCCCCCCCC=CCCCCCCCCN1C=NCC1. The molecule has 2 rings (SSSR count). The van der Waals surface area contributed by atoms with Gasteiger partial charge in [0.1, 0.15) is 0 Å². The highest BCUT2D eigenvalue weighted by Crippen LogP contribution is 2.11. The molecule has 2 N–H and O–H groups in total. The van der Waals surface area contributed by atoms with E-state index in [1.807, 2.05) is 6.34 Å². The topological polar surface area (TPSA) is 60.2 Å². The molecule has 0 saturated carbocycles. The zero-order valence-electron chi connectivity index (χ0n) is 20.2. The summed E-state index contributed by atoms with van der Waals surface area (Å²) in [6.07, 6.45) is 29.7. The largest absolute Gasteiger partial charge is 0.396 e. The van der Waals surface area contributed by atoms with Crippen molar-refractivity contribution in [1.29, 1.82) is 0 Å². The second-order valence-corrected chi connectivity index (χ2v) is 8.77. The number of nitrogens with one attached hydrogen (secondary N) is 1. The van der Waals surface area contributed by atoms with Gasteiger partial charge in [-0.3, -0.25) is 9.98 Å². The normalized spacial score (nSPS) is 14.9. The number of aliphatic imine (C=N–C) groups is 2. The maximum Gasteiger partial charge on any atom is 0.0851 e. The number of aliphatic hydroxyl groups excluding tert-OH is 1. The average Bonchev–Trinajstić information content (AvgIpc) is 3.52. The van der Waals surface area contributed by atoms with Gasteiger partial charge in [0.05, 0.1) is 25.8 Å². The average molecular weight is 435 g/mol. The first-order valence-electron chi connectivity index (χ1n) is 13.1. The third kappa shape index (κ3) is 20.3. The first-order chi connectivity index (χ1) is 15.4. The summed E-state index contributed by atoms with van der Waals surface area (Å²) >= 11 is 0. The van der Waals surface area contributed by atoms with E-state index in [0.717, 1.165) is 32.6 Å². The van der Waals surface area contributed by atoms with E-state index in [0.29, 0.717) is 6.61 Å². The summed E-state index contributed by atoms with van der Waals surface area (Å²) in [5.74, 6) is 0. The zero-order valence-corrected chi connectivity index (χ0v) is 20.2. The van der Waals surface area contributed by atoms with Crippen molar-refractivity contribution in [3.05, 3.63) is 12.2 Å². The summed E-state index contributed by atoms with van der Waals surface area (Å²) in [6.45, 7) is 5.69. The molecule has 0 radical (unpaired) electrons. The molecule has 0 unspecified atom stereocenters. The lowest BCUT2D eigenvalue weighted by atomic mass is 10.1. The molecule has 0 amide bonds. The Labute approximate surface area is 192 Å². The van der Waals surface area contributed by atoms with E-state index >= 15 is 0 Å². The summed E-state index contributed by atoms with van der Waals surface area (Å²) in [4.78, 5) is 10.5. The van der Waals surface area contributed by atoms with Crippen molar-refractivity contribution in [2.24, 2.45) is 9.98 Å². The van der Waals surface area contributed by atoms with Crippen molar-refractivity contribution in [1.82, 2.24) is 10.2 Å². The van der Waals surface area contributed by atoms with Crippen LogP contribution in [0.1, 0.15) is 103 Å². The lowest BCUT2D eigenvalue weighted by Crippen LogP contribution is -2.20. The molecule has 0 bridgehead atoms. The summed E-state index contributed by atoms with van der Waals surface area (Å²) in [5.41, 5.74) is 0. The molecule has 2 aliphatic heterocycles. The summed E-state index contributed by atoms with van der Waals surface area (Å²) in [6, 6.07) is 0. The van der Waals surface area contributed by atoms with Crippen molar-refractivity contribution in [2.45, 2.75) is 103 Å². The third-order valence-corrected chi connectivity index (χ3v) is 5.84. The van der Waals surface area contributed by atoms with Crippen LogP contribution in [0.15, 0.2) is 22.1 Å². The highest BCUT2D eigenvalue weighted by molar-refractivity contribution is 5.56. The Morgan fingerprint density at radius 1 is 0.710 bits per heavy atom. The molecule has 0 spiro atoms. The van der Waals surface area contributed by atoms with Crippen LogP contribution in [0.3, 0.4) is 0 Å².